The van der Waals surface area contributed by atoms with Gasteiger partial charge in [-0.15, -0.1) is 0 Å². The number of nitrogens with one attached hydrogen (secondary N) is 1. The van der Waals surface area contributed by atoms with Gasteiger partial charge in [-0.25, -0.2) is 21.6 Å². The fraction of sp³-hybridized carbons (Fsp3) is 0.368. The predicted molar refractivity (Wildman–Crippen MR) is 117 cm³/mol. The first-order chi connectivity index (χ1) is 14.7. The van der Waals surface area contributed by atoms with Gasteiger partial charge in [0.15, 0.2) is 0 Å². The third-order valence-corrected chi connectivity index (χ3v) is 8.40. The van der Waals surface area contributed by atoms with E-state index in [1.807, 2.05) is 0 Å². The fourth-order valence-corrected chi connectivity index (χ4v) is 6.05. The molecule has 2 aromatic carbocycles. The number of methoxy groups -OCH3 is 1. The molecule has 0 saturated carbocycles. The lowest BCUT2D eigenvalue weighted by Crippen LogP contribution is -2.40. The fourth-order valence-electron chi connectivity index (χ4n) is 2.93. The molecule has 0 amide bonds. The van der Waals surface area contributed by atoms with E-state index < -0.39 is 20.0 Å². The van der Waals surface area contributed by atoms with Crippen LogP contribution in [-0.4, -0.2) is 67.7 Å². The smallest absolute Gasteiger partial charge is 0.244 e. The monoisotopic (exact) mass is 534 g/mol. The molecule has 0 unspecified atom stereocenters. The zero-order valence-corrected chi connectivity index (χ0v) is 20.0. The number of hydrogen-bond acceptors (Lipinski definition) is 7. The summed E-state index contributed by atoms with van der Waals surface area (Å²) in [6, 6.07) is 10.7. The Kier molecular flexibility index (Phi) is 7.94. The van der Waals surface area contributed by atoms with Crippen LogP contribution in [0.3, 0.4) is 0 Å². The lowest BCUT2D eigenvalue weighted by atomic mass is 10.3. The van der Waals surface area contributed by atoms with Crippen molar-refractivity contribution in [3.63, 3.8) is 0 Å². The van der Waals surface area contributed by atoms with Crippen molar-refractivity contribution in [1.82, 2.24) is 9.03 Å². The van der Waals surface area contributed by atoms with Crippen LogP contribution in [0.2, 0.25) is 0 Å². The molecule has 0 spiro atoms. The maximum atomic E-state index is 12.6. The highest BCUT2D eigenvalue weighted by Gasteiger charge is 2.26. The number of nitrogens with zero attached hydrogens (tertiary/aromatic N) is 1. The largest absolute Gasteiger partial charge is 0.495 e. The van der Waals surface area contributed by atoms with Crippen LogP contribution in [0.15, 0.2) is 56.7 Å². The van der Waals surface area contributed by atoms with E-state index in [4.69, 9.17) is 14.2 Å². The summed E-state index contributed by atoms with van der Waals surface area (Å²) >= 11 is 3.25. The van der Waals surface area contributed by atoms with Crippen LogP contribution in [0.1, 0.15) is 0 Å². The second kappa shape index (κ2) is 10.3. The number of ether oxygens (including phenoxy) is 3. The second-order valence-corrected chi connectivity index (χ2v) is 11.1. The minimum atomic E-state index is -3.80. The third-order valence-electron chi connectivity index (χ3n) is 4.51. The Bertz CT molecular complexity index is 1100. The van der Waals surface area contributed by atoms with Crippen molar-refractivity contribution < 1.29 is 31.0 Å². The first-order valence-electron chi connectivity index (χ1n) is 9.38. The topological polar surface area (TPSA) is 111 Å². The summed E-state index contributed by atoms with van der Waals surface area (Å²) in [5, 5.41) is 0. The Morgan fingerprint density at radius 1 is 1.06 bits per heavy atom. The number of benzene rings is 2. The molecule has 1 saturated heterocycles. The molecular weight excluding hydrogens is 512 g/mol. The number of morpholine rings is 1. The number of rotatable bonds is 9. The summed E-state index contributed by atoms with van der Waals surface area (Å²) in [5.41, 5.74) is 0. The Hall–Kier alpha value is -1.70. The van der Waals surface area contributed by atoms with Gasteiger partial charge in [-0.1, -0.05) is 15.9 Å². The first kappa shape index (κ1) is 24.0. The second-order valence-electron chi connectivity index (χ2n) is 6.53. The molecule has 0 aromatic heterocycles. The molecule has 0 radical (unpaired) electrons. The molecule has 1 fully saturated rings. The number of hydrogen-bond donors (Lipinski definition) is 1. The molecule has 1 aliphatic heterocycles. The molecule has 0 aliphatic carbocycles. The Balaban J connectivity index is 1.56. The number of sulfonamides is 2. The highest BCUT2D eigenvalue weighted by molar-refractivity contribution is 9.10. The van der Waals surface area contributed by atoms with Crippen LogP contribution >= 0.6 is 15.9 Å². The highest BCUT2D eigenvalue weighted by atomic mass is 79.9. The summed E-state index contributed by atoms with van der Waals surface area (Å²) in [4.78, 5) is 0.186. The molecule has 170 valence electrons. The van der Waals surface area contributed by atoms with Crippen molar-refractivity contribution >= 4 is 36.0 Å². The van der Waals surface area contributed by atoms with E-state index in [1.54, 1.807) is 24.3 Å². The Morgan fingerprint density at radius 2 is 1.74 bits per heavy atom. The van der Waals surface area contributed by atoms with Crippen LogP contribution in [0.4, 0.5) is 0 Å². The van der Waals surface area contributed by atoms with Crippen molar-refractivity contribution in [1.29, 1.82) is 0 Å². The summed E-state index contributed by atoms with van der Waals surface area (Å²) in [6.07, 6.45) is 0. The van der Waals surface area contributed by atoms with Crippen LogP contribution in [-0.2, 0) is 24.8 Å². The van der Waals surface area contributed by atoms with Gasteiger partial charge in [0.25, 0.3) is 0 Å². The zero-order chi connectivity index (χ0) is 22.5. The van der Waals surface area contributed by atoms with E-state index in [1.165, 1.54) is 29.6 Å². The van der Waals surface area contributed by atoms with Crippen LogP contribution in [0.25, 0.3) is 0 Å². The van der Waals surface area contributed by atoms with Crippen molar-refractivity contribution in [2.24, 2.45) is 0 Å². The van der Waals surface area contributed by atoms with Crippen molar-refractivity contribution in [3.05, 3.63) is 46.9 Å². The van der Waals surface area contributed by atoms with E-state index in [9.17, 15) is 16.8 Å². The third kappa shape index (κ3) is 5.96. The van der Waals surface area contributed by atoms with Gasteiger partial charge in [0, 0.05) is 24.1 Å². The van der Waals surface area contributed by atoms with Crippen molar-refractivity contribution in [2.75, 3.05) is 46.6 Å². The van der Waals surface area contributed by atoms with Gasteiger partial charge < -0.3 is 14.2 Å². The number of halogens is 1. The Morgan fingerprint density at radius 3 is 2.39 bits per heavy atom. The average Bonchev–Trinajstić information content (AvgIpc) is 2.77. The zero-order valence-electron chi connectivity index (χ0n) is 16.8. The van der Waals surface area contributed by atoms with Gasteiger partial charge in [-0.3, -0.25) is 0 Å². The van der Waals surface area contributed by atoms with Gasteiger partial charge in [-0.2, -0.15) is 4.31 Å². The standard InChI is InChI=1S/C19H23BrN2O7S2/c1-27-18-7-2-15(20)14-19(18)30(23,24)21-8-11-29-16-3-5-17(6-4-16)31(25,26)22-9-12-28-13-10-22/h2-7,14,21H,8-13H2,1H3. The predicted octanol–water partition coefficient (Wildman–Crippen LogP) is 1.84. The van der Waals surface area contributed by atoms with E-state index in [0.29, 0.717) is 36.5 Å². The maximum absolute atomic E-state index is 12.6. The highest BCUT2D eigenvalue weighted by Crippen LogP contribution is 2.27. The normalized spacial score (nSPS) is 15.5. The van der Waals surface area contributed by atoms with Gasteiger partial charge >= 0.3 is 0 Å². The summed E-state index contributed by atoms with van der Waals surface area (Å²) in [6.45, 7) is 1.48. The molecule has 1 aliphatic rings. The summed E-state index contributed by atoms with van der Waals surface area (Å²) in [5.74, 6) is 0.661. The molecule has 1 heterocycles. The van der Waals surface area contributed by atoms with E-state index in [0.717, 1.165) is 0 Å². The minimum Gasteiger partial charge on any atom is -0.495 e. The lowest BCUT2D eigenvalue weighted by Gasteiger charge is -2.26. The molecule has 3 rings (SSSR count). The first-order valence-corrected chi connectivity index (χ1v) is 13.1. The van der Waals surface area contributed by atoms with Gasteiger partial charge in [0.2, 0.25) is 20.0 Å². The van der Waals surface area contributed by atoms with E-state index in [2.05, 4.69) is 20.7 Å². The molecule has 9 nitrogen and oxygen atoms in total. The Labute approximate surface area is 190 Å². The van der Waals surface area contributed by atoms with Gasteiger partial charge in [0.1, 0.15) is 23.0 Å². The average molecular weight is 535 g/mol. The van der Waals surface area contributed by atoms with Gasteiger partial charge in [-0.05, 0) is 42.5 Å². The molecule has 12 heteroatoms. The quantitative estimate of drug-likeness (QED) is 0.488. The molecule has 1 N–H and O–H groups in total. The maximum Gasteiger partial charge on any atom is 0.244 e. The molecule has 31 heavy (non-hydrogen) atoms. The van der Waals surface area contributed by atoms with Gasteiger partial charge in [0.05, 0.1) is 25.2 Å². The van der Waals surface area contributed by atoms with Crippen molar-refractivity contribution in [3.8, 4) is 11.5 Å². The molecular formula is C19H23BrN2O7S2. The van der Waals surface area contributed by atoms with E-state index >= 15 is 0 Å². The van der Waals surface area contributed by atoms with Crippen molar-refractivity contribution in [2.45, 2.75) is 9.79 Å². The van der Waals surface area contributed by atoms with E-state index in [-0.39, 0.29) is 28.7 Å². The molecule has 0 atom stereocenters. The summed E-state index contributed by atoms with van der Waals surface area (Å²) in [7, 11) is -5.98. The molecule has 2 aromatic rings. The minimum absolute atomic E-state index is 0.0158. The molecule has 0 bridgehead atoms. The van der Waals surface area contributed by atoms with Crippen LogP contribution in [0.5, 0.6) is 11.5 Å². The van der Waals surface area contributed by atoms with Crippen LogP contribution < -0.4 is 14.2 Å². The SMILES string of the molecule is COc1ccc(Br)cc1S(=O)(=O)NCCOc1ccc(S(=O)(=O)N2CCOCC2)cc1. The van der Waals surface area contributed by atoms with Crippen LogP contribution in [0, 0.1) is 0 Å². The lowest BCUT2D eigenvalue weighted by molar-refractivity contribution is 0.0730. The summed E-state index contributed by atoms with van der Waals surface area (Å²) < 4.78 is 70.6.